The number of nitrogens with zero attached hydrogens (tertiary/aromatic N) is 4. The number of benzene rings is 1. The minimum Gasteiger partial charge on any atom is -0.379 e. The van der Waals surface area contributed by atoms with Crippen molar-refractivity contribution in [2.75, 3.05) is 45.1 Å². The van der Waals surface area contributed by atoms with E-state index in [4.69, 9.17) is 4.74 Å². The molecule has 0 saturated carbocycles. The average Bonchev–Trinajstić information content (AvgIpc) is 3.08. The van der Waals surface area contributed by atoms with Gasteiger partial charge in [0.25, 0.3) is 0 Å². The quantitative estimate of drug-likeness (QED) is 0.595. The predicted octanol–water partition coefficient (Wildman–Crippen LogP) is 1.84. The van der Waals surface area contributed by atoms with Gasteiger partial charge in [0.1, 0.15) is 5.82 Å². The first kappa shape index (κ1) is 21.8. The molecule has 2 aromatic rings. The van der Waals surface area contributed by atoms with E-state index in [1.807, 2.05) is 11.6 Å². The molecule has 1 aliphatic rings. The molecule has 1 aromatic heterocycles. The molecule has 3 rings (SSSR count). The summed E-state index contributed by atoms with van der Waals surface area (Å²) in [5, 5.41) is 12.5. The number of rotatable bonds is 10. The fourth-order valence-corrected chi connectivity index (χ4v) is 4.12. The van der Waals surface area contributed by atoms with Crippen molar-refractivity contribution in [1.29, 1.82) is 0 Å². The molecule has 0 bridgehead atoms. The fraction of sp³-hybridized carbons (Fsp3) is 0.571. The van der Waals surface area contributed by atoms with Crippen molar-refractivity contribution >= 4 is 17.7 Å². The lowest BCUT2D eigenvalue weighted by Crippen LogP contribution is -2.37. The van der Waals surface area contributed by atoms with E-state index in [2.05, 4.69) is 51.6 Å². The highest BCUT2D eigenvalue weighted by atomic mass is 32.2. The Labute approximate surface area is 177 Å². The zero-order chi connectivity index (χ0) is 20.5. The zero-order valence-corrected chi connectivity index (χ0v) is 18.2. The van der Waals surface area contributed by atoms with Crippen LogP contribution >= 0.6 is 11.8 Å². The van der Waals surface area contributed by atoms with Gasteiger partial charge in [0.15, 0.2) is 5.16 Å². The second-order valence-corrected chi connectivity index (χ2v) is 8.41. The summed E-state index contributed by atoms with van der Waals surface area (Å²) in [4.78, 5) is 14.5. The van der Waals surface area contributed by atoms with Crippen LogP contribution in [0.5, 0.6) is 0 Å². The summed E-state index contributed by atoms with van der Waals surface area (Å²) in [6.07, 6.45) is 1.95. The van der Waals surface area contributed by atoms with Crippen LogP contribution in [0.2, 0.25) is 0 Å². The molecule has 29 heavy (non-hydrogen) atoms. The number of hydrogen-bond acceptors (Lipinski definition) is 6. The molecule has 0 spiro atoms. The van der Waals surface area contributed by atoms with E-state index in [1.54, 1.807) is 11.8 Å². The summed E-state index contributed by atoms with van der Waals surface area (Å²) in [6.45, 7) is 7.36. The van der Waals surface area contributed by atoms with Gasteiger partial charge >= 0.3 is 0 Å². The fourth-order valence-electron chi connectivity index (χ4n) is 3.19. The SMILES string of the molecule is Cc1ccc(CCC(=O)NCCc2nnc(SCCN3CCOCC3)n2C)cc1. The minimum atomic E-state index is 0.0767. The molecule has 8 heteroatoms. The summed E-state index contributed by atoms with van der Waals surface area (Å²) in [5.74, 6) is 1.97. The largest absolute Gasteiger partial charge is 0.379 e. The number of thioether (sulfide) groups is 1. The van der Waals surface area contributed by atoms with Crippen molar-refractivity contribution < 1.29 is 9.53 Å². The average molecular weight is 418 g/mol. The molecule has 1 aromatic carbocycles. The van der Waals surface area contributed by atoms with Crippen molar-refractivity contribution in [1.82, 2.24) is 25.0 Å². The standard InChI is InChI=1S/C21H31N5O2S/c1-17-3-5-18(6-4-17)7-8-20(27)22-10-9-19-23-24-21(25(19)2)29-16-13-26-11-14-28-15-12-26/h3-6H,7-16H2,1-2H3,(H,22,27). The highest BCUT2D eigenvalue weighted by Gasteiger charge is 2.13. The Bertz CT molecular complexity index is 772. The van der Waals surface area contributed by atoms with Gasteiger partial charge in [-0.05, 0) is 18.9 Å². The van der Waals surface area contributed by atoms with Crippen LogP contribution in [0.4, 0.5) is 0 Å². The Morgan fingerprint density at radius 1 is 1.17 bits per heavy atom. The minimum absolute atomic E-state index is 0.0767. The summed E-state index contributed by atoms with van der Waals surface area (Å²) < 4.78 is 7.41. The van der Waals surface area contributed by atoms with E-state index >= 15 is 0 Å². The molecule has 0 unspecified atom stereocenters. The second kappa shape index (κ2) is 11.3. The molecular formula is C21H31N5O2S. The lowest BCUT2D eigenvalue weighted by Gasteiger charge is -2.26. The monoisotopic (exact) mass is 417 g/mol. The predicted molar refractivity (Wildman–Crippen MR) is 115 cm³/mol. The topological polar surface area (TPSA) is 72.3 Å². The third kappa shape index (κ3) is 7.13. The van der Waals surface area contributed by atoms with Gasteiger partial charge in [0, 0.05) is 51.8 Å². The van der Waals surface area contributed by atoms with Gasteiger partial charge in [-0.3, -0.25) is 9.69 Å². The maximum Gasteiger partial charge on any atom is 0.220 e. The summed E-state index contributed by atoms with van der Waals surface area (Å²) >= 11 is 1.73. The van der Waals surface area contributed by atoms with Crippen LogP contribution in [-0.2, 0) is 29.4 Å². The number of hydrogen-bond donors (Lipinski definition) is 1. The number of carbonyl (C=O) groups excluding carboxylic acids is 1. The lowest BCUT2D eigenvalue weighted by atomic mass is 10.1. The van der Waals surface area contributed by atoms with Crippen molar-refractivity contribution in [3.05, 3.63) is 41.2 Å². The number of aryl methyl sites for hydroxylation is 2. The van der Waals surface area contributed by atoms with E-state index in [0.29, 0.717) is 19.4 Å². The Morgan fingerprint density at radius 3 is 2.69 bits per heavy atom. The van der Waals surface area contributed by atoms with Gasteiger partial charge in [-0.2, -0.15) is 0 Å². The van der Waals surface area contributed by atoms with Gasteiger partial charge in [0.2, 0.25) is 5.91 Å². The van der Waals surface area contributed by atoms with Crippen molar-refractivity contribution in [3.8, 4) is 0 Å². The first-order valence-corrected chi connectivity index (χ1v) is 11.2. The van der Waals surface area contributed by atoms with E-state index < -0.39 is 0 Å². The second-order valence-electron chi connectivity index (χ2n) is 7.35. The van der Waals surface area contributed by atoms with Crippen LogP contribution in [0, 0.1) is 6.92 Å². The van der Waals surface area contributed by atoms with Crippen molar-refractivity contribution in [3.63, 3.8) is 0 Å². The van der Waals surface area contributed by atoms with Crippen LogP contribution in [-0.4, -0.2) is 70.7 Å². The Morgan fingerprint density at radius 2 is 1.93 bits per heavy atom. The Kier molecular flexibility index (Phi) is 8.52. The summed E-state index contributed by atoms with van der Waals surface area (Å²) in [6, 6.07) is 8.33. The number of amides is 1. The highest BCUT2D eigenvalue weighted by molar-refractivity contribution is 7.99. The normalized spacial score (nSPS) is 14.8. The third-order valence-electron chi connectivity index (χ3n) is 5.10. The number of ether oxygens (including phenoxy) is 1. The van der Waals surface area contributed by atoms with Crippen LogP contribution in [0.15, 0.2) is 29.4 Å². The molecule has 1 N–H and O–H groups in total. The maximum absolute atomic E-state index is 12.1. The molecule has 0 aliphatic carbocycles. The van der Waals surface area contributed by atoms with E-state index in [0.717, 1.165) is 56.0 Å². The van der Waals surface area contributed by atoms with Crippen molar-refractivity contribution in [2.24, 2.45) is 7.05 Å². The first-order valence-electron chi connectivity index (χ1n) is 10.3. The van der Waals surface area contributed by atoms with Crippen LogP contribution < -0.4 is 5.32 Å². The van der Waals surface area contributed by atoms with Gasteiger partial charge in [-0.15, -0.1) is 10.2 Å². The van der Waals surface area contributed by atoms with Crippen molar-refractivity contribution in [2.45, 2.75) is 31.3 Å². The van der Waals surface area contributed by atoms with E-state index in [9.17, 15) is 4.79 Å². The lowest BCUT2D eigenvalue weighted by molar-refractivity contribution is -0.121. The van der Waals surface area contributed by atoms with E-state index in [-0.39, 0.29) is 5.91 Å². The van der Waals surface area contributed by atoms with Gasteiger partial charge in [-0.1, -0.05) is 41.6 Å². The Hall–Kier alpha value is -1.90. The van der Waals surface area contributed by atoms with Crippen LogP contribution in [0.25, 0.3) is 0 Å². The Balaban J connectivity index is 1.33. The van der Waals surface area contributed by atoms with Gasteiger partial charge in [-0.25, -0.2) is 0 Å². The number of carbonyl (C=O) groups is 1. The number of aromatic nitrogens is 3. The number of morpholine rings is 1. The smallest absolute Gasteiger partial charge is 0.220 e. The first-order chi connectivity index (χ1) is 14.1. The molecule has 2 heterocycles. The molecule has 1 fully saturated rings. The van der Waals surface area contributed by atoms with Gasteiger partial charge < -0.3 is 14.6 Å². The summed E-state index contributed by atoms with van der Waals surface area (Å²) in [7, 11) is 1.99. The molecule has 0 atom stereocenters. The third-order valence-corrected chi connectivity index (χ3v) is 6.10. The molecule has 7 nitrogen and oxygen atoms in total. The zero-order valence-electron chi connectivity index (χ0n) is 17.4. The molecule has 0 radical (unpaired) electrons. The van der Waals surface area contributed by atoms with Crippen LogP contribution in [0.3, 0.4) is 0 Å². The molecule has 1 amide bonds. The molecule has 1 aliphatic heterocycles. The maximum atomic E-state index is 12.1. The molecular weight excluding hydrogens is 386 g/mol. The van der Waals surface area contributed by atoms with Gasteiger partial charge in [0.05, 0.1) is 13.2 Å². The molecule has 1 saturated heterocycles. The highest BCUT2D eigenvalue weighted by Crippen LogP contribution is 2.16. The molecule has 158 valence electrons. The van der Waals surface area contributed by atoms with Crippen LogP contribution in [0.1, 0.15) is 23.4 Å². The summed E-state index contributed by atoms with van der Waals surface area (Å²) in [5.41, 5.74) is 2.43. The van der Waals surface area contributed by atoms with E-state index in [1.165, 1.54) is 11.1 Å². The number of nitrogens with one attached hydrogen (secondary N) is 1.